The third-order valence-corrected chi connectivity index (χ3v) is 5.75. The van der Waals surface area contributed by atoms with Crippen molar-refractivity contribution in [2.45, 2.75) is 39.3 Å². The molecule has 1 saturated carbocycles. The van der Waals surface area contributed by atoms with Crippen LogP contribution >= 0.6 is 0 Å². The highest BCUT2D eigenvalue weighted by atomic mass is 16.2. The lowest BCUT2D eigenvalue weighted by Gasteiger charge is -2.28. The first-order valence-electron chi connectivity index (χ1n) is 9.75. The minimum Gasteiger partial charge on any atom is -0.334 e. The summed E-state index contributed by atoms with van der Waals surface area (Å²) in [7, 11) is 1.96. The molecule has 1 amide bonds. The fourth-order valence-corrected chi connectivity index (χ4v) is 3.98. The summed E-state index contributed by atoms with van der Waals surface area (Å²) in [5.41, 5.74) is 4.51. The van der Waals surface area contributed by atoms with Crippen molar-refractivity contribution in [2.75, 3.05) is 6.54 Å². The molecule has 4 heterocycles. The van der Waals surface area contributed by atoms with Crippen LogP contribution in [0.3, 0.4) is 0 Å². The molecule has 8 nitrogen and oxygen atoms in total. The van der Waals surface area contributed by atoms with Crippen LogP contribution in [-0.4, -0.2) is 46.9 Å². The Morgan fingerprint density at radius 1 is 1.32 bits per heavy atom. The van der Waals surface area contributed by atoms with Gasteiger partial charge in [-0.2, -0.15) is 5.10 Å². The predicted octanol–water partition coefficient (Wildman–Crippen LogP) is 1.99. The molecule has 8 heteroatoms. The monoisotopic (exact) mass is 377 g/mol. The molecule has 0 bridgehead atoms. The minimum atomic E-state index is 0.0190. The lowest BCUT2D eigenvalue weighted by molar-refractivity contribution is 0.0732. The Bertz CT molecular complexity index is 1050. The van der Waals surface area contributed by atoms with Gasteiger partial charge in [-0.25, -0.2) is 0 Å². The third-order valence-electron chi connectivity index (χ3n) is 5.75. The van der Waals surface area contributed by atoms with Gasteiger partial charge in [0.05, 0.1) is 12.1 Å². The zero-order chi connectivity index (χ0) is 19.3. The van der Waals surface area contributed by atoms with E-state index in [-0.39, 0.29) is 5.91 Å². The summed E-state index contributed by atoms with van der Waals surface area (Å²) in [6.45, 7) is 4.01. The molecular formula is C20H23N7O. The van der Waals surface area contributed by atoms with Gasteiger partial charge in [0.2, 0.25) is 0 Å². The van der Waals surface area contributed by atoms with E-state index in [0.29, 0.717) is 18.7 Å². The smallest absolute Gasteiger partial charge is 0.256 e. The molecule has 0 unspecified atom stereocenters. The fourth-order valence-electron chi connectivity index (χ4n) is 3.98. The van der Waals surface area contributed by atoms with Crippen molar-refractivity contribution in [3.63, 3.8) is 0 Å². The molecule has 0 N–H and O–H groups in total. The number of pyridine rings is 1. The minimum absolute atomic E-state index is 0.0190. The Kier molecular flexibility index (Phi) is 3.99. The van der Waals surface area contributed by atoms with E-state index < -0.39 is 0 Å². The van der Waals surface area contributed by atoms with Gasteiger partial charge < -0.3 is 9.47 Å². The maximum atomic E-state index is 13.1. The molecule has 3 aromatic rings. The lowest BCUT2D eigenvalue weighted by Crippen LogP contribution is -2.36. The Morgan fingerprint density at radius 3 is 2.96 bits per heavy atom. The topological polar surface area (TPSA) is 81.7 Å². The summed E-state index contributed by atoms with van der Waals surface area (Å²) >= 11 is 0. The Labute approximate surface area is 163 Å². The van der Waals surface area contributed by atoms with Crippen LogP contribution in [0, 0.1) is 12.8 Å². The zero-order valence-electron chi connectivity index (χ0n) is 16.2. The van der Waals surface area contributed by atoms with Gasteiger partial charge in [0.25, 0.3) is 5.91 Å². The van der Waals surface area contributed by atoms with Crippen molar-refractivity contribution in [1.29, 1.82) is 0 Å². The van der Waals surface area contributed by atoms with Crippen molar-refractivity contribution >= 4 is 5.91 Å². The van der Waals surface area contributed by atoms with Crippen LogP contribution in [0.2, 0.25) is 0 Å². The number of aryl methyl sites for hydroxylation is 2. The molecule has 2 aliphatic rings. The first-order chi connectivity index (χ1) is 13.6. The molecular weight excluding hydrogens is 354 g/mol. The van der Waals surface area contributed by atoms with Crippen LogP contribution < -0.4 is 0 Å². The number of carbonyl (C=O) groups excluding carboxylic acids is 1. The number of rotatable bonds is 4. The van der Waals surface area contributed by atoms with E-state index in [9.17, 15) is 4.79 Å². The maximum absolute atomic E-state index is 13.1. The van der Waals surface area contributed by atoms with Crippen molar-refractivity contribution in [3.05, 3.63) is 47.2 Å². The van der Waals surface area contributed by atoms with Crippen molar-refractivity contribution in [2.24, 2.45) is 13.0 Å². The normalized spacial score (nSPS) is 16.3. The summed E-state index contributed by atoms with van der Waals surface area (Å²) in [4.78, 5) is 19.2. The van der Waals surface area contributed by atoms with Crippen molar-refractivity contribution < 1.29 is 4.79 Å². The highest BCUT2D eigenvalue weighted by Gasteiger charge is 2.31. The van der Waals surface area contributed by atoms with Crippen LogP contribution in [0.15, 0.2) is 24.7 Å². The molecule has 0 radical (unpaired) electrons. The van der Waals surface area contributed by atoms with Crippen LogP contribution in [0.1, 0.15) is 40.2 Å². The van der Waals surface area contributed by atoms with Crippen LogP contribution in [0.25, 0.3) is 11.5 Å². The van der Waals surface area contributed by atoms with Crippen LogP contribution in [-0.2, 0) is 26.6 Å². The Balaban J connectivity index is 1.48. The molecule has 3 aromatic heterocycles. The van der Waals surface area contributed by atoms with E-state index >= 15 is 0 Å². The van der Waals surface area contributed by atoms with Crippen molar-refractivity contribution in [3.8, 4) is 11.5 Å². The lowest BCUT2D eigenvalue weighted by atomic mass is 10.0. The highest BCUT2D eigenvalue weighted by molar-refractivity contribution is 5.95. The zero-order valence-corrected chi connectivity index (χ0v) is 16.2. The summed E-state index contributed by atoms with van der Waals surface area (Å²) in [6.07, 6.45) is 6.82. The van der Waals surface area contributed by atoms with E-state index in [1.807, 2.05) is 35.7 Å². The van der Waals surface area contributed by atoms with Gasteiger partial charge in [-0.3, -0.25) is 14.5 Å². The fraction of sp³-hybridized carbons (Fsp3) is 0.450. The molecule has 1 fully saturated rings. The summed E-state index contributed by atoms with van der Waals surface area (Å²) in [5, 5.41) is 13.2. The SMILES string of the molecule is Cc1ncccc1C(=O)N1CCc2c(c(-c3nncn3CC3CC3)nn2C)C1. The molecule has 0 spiro atoms. The van der Waals surface area contributed by atoms with Gasteiger partial charge >= 0.3 is 0 Å². The second-order valence-corrected chi connectivity index (χ2v) is 7.76. The highest BCUT2D eigenvalue weighted by Crippen LogP contribution is 2.33. The molecule has 0 aromatic carbocycles. The molecule has 1 aliphatic carbocycles. The number of hydrogen-bond donors (Lipinski definition) is 0. The maximum Gasteiger partial charge on any atom is 0.256 e. The first kappa shape index (κ1) is 17.1. The number of amides is 1. The van der Waals surface area contributed by atoms with Crippen LogP contribution in [0.5, 0.6) is 0 Å². The molecule has 0 saturated heterocycles. The quantitative estimate of drug-likeness (QED) is 0.694. The number of hydrogen-bond acceptors (Lipinski definition) is 5. The second-order valence-electron chi connectivity index (χ2n) is 7.76. The summed E-state index contributed by atoms with van der Waals surface area (Å²) in [5.74, 6) is 1.54. The summed E-state index contributed by atoms with van der Waals surface area (Å²) < 4.78 is 4.03. The average Bonchev–Trinajstić information content (AvgIpc) is 3.30. The average molecular weight is 377 g/mol. The molecule has 0 atom stereocenters. The second kappa shape index (κ2) is 6.54. The van der Waals surface area contributed by atoms with Crippen molar-refractivity contribution in [1.82, 2.24) is 34.4 Å². The van der Waals surface area contributed by atoms with Gasteiger partial charge in [0.15, 0.2) is 5.82 Å². The van der Waals surface area contributed by atoms with E-state index in [4.69, 9.17) is 5.10 Å². The Hall–Kier alpha value is -3.03. The number of nitrogens with zero attached hydrogens (tertiary/aromatic N) is 7. The third kappa shape index (κ3) is 2.89. The van der Waals surface area contributed by atoms with Gasteiger partial charge in [0.1, 0.15) is 12.0 Å². The number of carbonyl (C=O) groups is 1. The first-order valence-corrected chi connectivity index (χ1v) is 9.75. The van der Waals surface area contributed by atoms with E-state index in [1.54, 1.807) is 12.5 Å². The molecule has 28 heavy (non-hydrogen) atoms. The predicted molar refractivity (Wildman–Crippen MR) is 102 cm³/mol. The van der Waals surface area contributed by atoms with Gasteiger partial charge in [-0.05, 0) is 37.8 Å². The van der Waals surface area contributed by atoms with E-state index in [1.165, 1.54) is 18.5 Å². The number of fused-ring (bicyclic) bond motifs is 1. The number of aromatic nitrogens is 6. The van der Waals surface area contributed by atoms with Crippen LogP contribution in [0.4, 0.5) is 0 Å². The Morgan fingerprint density at radius 2 is 2.18 bits per heavy atom. The molecule has 5 rings (SSSR count). The molecule has 1 aliphatic heterocycles. The standard InChI is InChI=1S/C20H23N7O/c1-13-15(4-3-8-21-13)20(28)26-9-7-17-16(11-26)18(24-25(17)2)19-23-22-12-27(19)10-14-5-6-14/h3-4,8,12,14H,5-7,9-11H2,1-2H3. The van der Waals surface area contributed by atoms with Gasteiger partial charge in [-0.1, -0.05) is 0 Å². The molecule has 144 valence electrons. The van der Waals surface area contributed by atoms with E-state index in [0.717, 1.165) is 41.7 Å². The van der Waals surface area contributed by atoms with Gasteiger partial charge in [0, 0.05) is 49.7 Å². The largest absolute Gasteiger partial charge is 0.334 e. The van der Waals surface area contributed by atoms with E-state index in [2.05, 4.69) is 19.7 Å². The van der Waals surface area contributed by atoms with Gasteiger partial charge in [-0.15, -0.1) is 10.2 Å². The summed E-state index contributed by atoms with van der Waals surface area (Å²) in [6, 6.07) is 3.65.